The number of rotatable bonds is 4. The van der Waals surface area contributed by atoms with Crippen molar-refractivity contribution in [2.24, 2.45) is 5.92 Å². The number of nitrogens with one attached hydrogen (secondary N) is 2. The molecule has 0 radical (unpaired) electrons. The lowest BCUT2D eigenvalue weighted by Gasteiger charge is -2.22. The molecule has 0 aromatic heterocycles. The lowest BCUT2D eigenvalue weighted by molar-refractivity contribution is -0.126. The van der Waals surface area contributed by atoms with Crippen LogP contribution in [0.1, 0.15) is 36.0 Å². The van der Waals surface area contributed by atoms with Gasteiger partial charge in [-0.05, 0) is 51.3 Å². The van der Waals surface area contributed by atoms with Crippen LogP contribution in [-0.4, -0.2) is 37.5 Å². The SMILES string of the molecule is Cc1cc(C)c(N2CC(C(=O)NCC3CCCN3)CC2=O)c(C)c1.Cl. The molecule has 1 aromatic rings. The quantitative estimate of drug-likeness (QED) is 0.860. The molecular weight excluding hydrogens is 338 g/mol. The van der Waals surface area contributed by atoms with E-state index in [9.17, 15) is 9.59 Å². The Morgan fingerprint density at radius 2 is 1.96 bits per heavy atom. The fourth-order valence-corrected chi connectivity index (χ4v) is 4.00. The van der Waals surface area contributed by atoms with Crippen LogP contribution < -0.4 is 15.5 Å². The number of anilines is 1. The molecule has 0 bridgehead atoms. The summed E-state index contributed by atoms with van der Waals surface area (Å²) in [4.78, 5) is 26.7. The van der Waals surface area contributed by atoms with Crippen LogP contribution >= 0.6 is 12.4 Å². The number of carbonyl (C=O) groups excluding carboxylic acids is 2. The number of amides is 2. The van der Waals surface area contributed by atoms with E-state index in [-0.39, 0.29) is 30.1 Å². The topological polar surface area (TPSA) is 61.4 Å². The second kappa shape index (κ2) is 8.19. The fourth-order valence-electron chi connectivity index (χ4n) is 4.00. The van der Waals surface area contributed by atoms with Gasteiger partial charge in [0.2, 0.25) is 11.8 Å². The lowest BCUT2D eigenvalue weighted by atomic mass is 10.0. The smallest absolute Gasteiger partial charge is 0.227 e. The maximum absolute atomic E-state index is 12.5. The second-order valence-corrected chi connectivity index (χ2v) is 7.19. The van der Waals surface area contributed by atoms with Gasteiger partial charge in [0.05, 0.1) is 5.92 Å². The predicted octanol–water partition coefficient (Wildman–Crippen LogP) is 2.25. The van der Waals surface area contributed by atoms with Gasteiger partial charge in [-0.2, -0.15) is 0 Å². The van der Waals surface area contributed by atoms with E-state index in [1.807, 2.05) is 13.8 Å². The summed E-state index contributed by atoms with van der Waals surface area (Å²) in [6.07, 6.45) is 2.58. The first-order valence-corrected chi connectivity index (χ1v) is 8.85. The number of hydrogen-bond acceptors (Lipinski definition) is 3. The lowest BCUT2D eigenvalue weighted by Crippen LogP contribution is -2.40. The maximum atomic E-state index is 12.5. The second-order valence-electron chi connectivity index (χ2n) is 7.19. The standard InChI is InChI=1S/C19H27N3O2.ClH/c1-12-7-13(2)18(14(3)8-12)22-11-15(9-17(22)23)19(24)21-10-16-5-4-6-20-16;/h7-8,15-16,20H,4-6,9-11H2,1-3H3,(H,21,24);1H. The van der Waals surface area contributed by atoms with Gasteiger partial charge in [-0.25, -0.2) is 0 Å². The highest BCUT2D eigenvalue weighted by molar-refractivity contribution is 6.01. The molecule has 3 rings (SSSR count). The van der Waals surface area contributed by atoms with Crippen molar-refractivity contribution in [1.82, 2.24) is 10.6 Å². The minimum absolute atomic E-state index is 0. The summed E-state index contributed by atoms with van der Waals surface area (Å²) in [5, 5.41) is 6.39. The average molecular weight is 366 g/mol. The molecular formula is C19H28ClN3O2. The molecule has 0 saturated carbocycles. The van der Waals surface area contributed by atoms with Gasteiger partial charge < -0.3 is 15.5 Å². The normalized spacial score (nSPS) is 22.8. The molecule has 2 amide bonds. The minimum atomic E-state index is -0.251. The van der Waals surface area contributed by atoms with Crippen LogP contribution in [0.4, 0.5) is 5.69 Å². The molecule has 6 heteroatoms. The van der Waals surface area contributed by atoms with E-state index in [0.29, 0.717) is 25.6 Å². The van der Waals surface area contributed by atoms with Gasteiger partial charge in [0.25, 0.3) is 0 Å². The summed E-state index contributed by atoms with van der Waals surface area (Å²) in [6.45, 7) is 8.29. The monoisotopic (exact) mass is 365 g/mol. The molecule has 25 heavy (non-hydrogen) atoms. The maximum Gasteiger partial charge on any atom is 0.227 e. The van der Waals surface area contributed by atoms with Crippen molar-refractivity contribution in [2.75, 3.05) is 24.5 Å². The van der Waals surface area contributed by atoms with Crippen LogP contribution in [0.25, 0.3) is 0 Å². The third-order valence-corrected chi connectivity index (χ3v) is 5.09. The van der Waals surface area contributed by atoms with E-state index in [1.165, 1.54) is 12.0 Å². The number of hydrogen-bond donors (Lipinski definition) is 2. The first-order valence-electron chi connectivity index (χ1n) is 8.85. The van der Waals surface area contributed by atoms with Crippen LogP contribution in [0.2, 0.25) is 0 Å². The molecule has 2 N–H and O–H groups in total. The molecule has 138 valence electrons. The van der Waals surface area contributed by atoms with Gasteiger partial charge >= 0.3 is 0 Å². The van der Waals surface area contributed by atoms with Crippen molar-refractivity contribution < 1.29 is 9.59 Å². The minimum Gasteiger partial charge on any atom is -0.354 e. The number of aryl methyl sites for hydroxylation is 3. The fraction of sp³-hybridized carbons (Fsp3) is 0.579. The van der Waals surface area contributed by atoms with Crippen molar-refractivity contribution in [3.8, 4) is 0 Å². The Morgan fingerprint density at radius 1 is 1.28 bits per heavy atom. The van der Waals surface area contributed by atoms with Crippen molar-refractivity contribution in [3.05, 3.63) is 28.8 Å². The Bertz CT molecular complexity index is 633. The van der Waals surface area contributed by atoms with Crippen molar-refractivity contribution in [3.63, 3.8) is 0 Å². The highest BCUT2D eigenvalue weighted by atomic mass is 35.5. The van der Waals surface area contributed by atoms with Gasteiger partial charge in [-0.1, -0.05) is 17.7 Å². The van der Waals surface area contributed by atoms with Crippen LogP contribution in [0, 0.1) is 26.7 Å². The number of halogens is 1. The molecule has 5 nitrogen and oxygen atoms in total. The number of benzene rings is 1. The van der Waals surface area contributed by atoms with E-state index in [1.54, 1.807) is 4.90 Å². The third-order valence-electron chi connectivity index (χ3n) is 5.09. The summed E-state index contributed by atoms with van der Waals surface area (Å²) in [5.74, 6) is -0.204. The first kappa shape index (κ1) is 19.7. The van der Waals surface area contributed by atoms with Crippen molar-refractivity contribution in [2.45, 2.75) is 46.1 Å². The summed E-state index contributed by atoms with van der Waals surface area (Å²) in [6, 6.07) is 4.56. The highest BCUT2D eigenvalue weighted by Gasteiger charge is 2.36. The van der Waals surface area contributed by atoms with Crippen molar-refractivity contribution in [1.29, 1.82) is 0 Å². The summed E-state index contributed by atoms with van der Waals surface area (Å²) in [5.41, 5.74) is 4.35. The molecule has 0 spiro atoms. The van der Waals surface area contributed by atoms with E-state index in [0.717, 1.165) is 29.8 Å². The molecule has 2 unspecified atom stereocenters. The number of carbonyl (C=O) groups is 2. The van der Waals surface area contributed by atoms with E-state index in [2.05, 4.69) is 29.7 Å². The Labute approximate surface area is 155 Å². The van der Waals surface area contributed by atoms with Gasteiger partial charge in [0.15, 0.2) is 0 Å². The van der Waals surface area contributed by atoms with Crippen LogP contribution in [0.15, 0.2) is 12.1 Å². The van der Waals surface area contributed by atoms with Gasteiger partial charge in [-0.3, -0.25) is 9.59 Å². The Balaban J connectivity index is 0.00000225. The van der Waals surface area contributed by atoms with E-state index < -0.39 is 0 Å². The van der Waals surface area contributed by atoms with Crippen LogP contribution in [-0.2, 0) is 9.59 Å². The molecule has 2 fully saturated rings. The summed E-state index contributed by atoms with van der Waals surface area (Å²) < 4.78 is 0. The van der Waals surface area contributed by atoms with Crippen LogP contribution in [0.3, 0.4) is 0 Å². The molecule has 2 atom stereocenters. The number of nitrogens with zero attached hydrogens (tertiary/aromatic N) is 1. The van der Waals surface area contributed by atoms with Gasteiger partial charge in [0.1, 0.15) is 0 Å². The van der Waals surface area contributed by atoms with E-state index in [4.69, 9.17) is 0 Å². The zero-order valence-electron chi connectivity index (χ0n) is 15.2. The molecule has 2 saturated heterocycles. The van der Waals surface area contributed by atoms with E-state index >= 15 is 0 Å². The Kier molecular flexibility index (Phi) is 6.47. The van der Waals surface area contributed by atoms with Gasteiger partial charge in [0, 0.05) is 31.2 Å². The zero-order chi connectivity index (χ0) is 17.3. The molecule has 2 aliphatic rings. The highest BCUT2D eigenvalue weighted by Crippen LogP contribution is 2.31. The van der Waals surface area contributed by atoms with Crippen LogP contribution in [0.5, 0.6) is 0 Å². The molecule has 1 aromatic carbocycles. The molecule has 0 aliphatic carbocycles. The zero-order valence-corrected chi connectivity index (χ0v) is 16.0. The predicted molar refractivity (Wildman–Crippen MR) is 102 cm³/mol. The summed E-state index contributed by atoms with van der Waals surface area (Å²) in [7, 11) is 0. The summed E-state index contributed by atoms with van der Waals surface area (Å²) >= 11 is 0. The average Bonchev–Trinajstić information content (AvgIpc) is 3.14. The largest absolute Gasteiger partial charge is 0.354 e. The first-order chi connectivity index (χ1) is 11.5. The van der Waals surface area contributed by atoms with Crippen molar-refractivity contribution >= 4 is 29.9 Å². The molecule has 2 aliphatic heterocycles. The Morgan fingerprint density at radius 3 is 2.56 bits per heavy atom. The van der Waals surface area contributed by atoms with Gasteiger partial charge in [-0.15, -0.1) is 12.4 Å². The Hall–Kier alpha value is -1.59. The third kappa shape index (κ3) is 4.33. The molecule has 2 heterocycles.